The lowest BCUT2D eigenvalue weighted by Gasteiger charge is -1.99. The second-order valence-corrected chi connectivity index (χ2v) is 3.42. The molecule has 0 bridgehead atoms. The van der Waals surface area contributed by atoms with Gasteiger partial charge in [0.1, 0.15) is 0 Å². The highest BCUT2D eigenvalue weighted by atomic mass is 16.5. The van der Waals surface area contributed by atoms with Crippen LogP contribution >= 0.6 is 0 Å². The number of aromatic nitrogens is 3. The third kappa shape index (κ3) is 2.90. The summed E-state index contributed by atoms with van der Waals surface area (Å²) in [6, 6.07) is 7.36. The first-order valence-electron chi connectivity index (χ1n) is 5.41. The smallest absolute Gasteiger partial charge is 0.311 e. The van der Waals surface area contributed by atoms with Gasteiger partial charge in [0.05, 0.1) is 18.7 Å². The van der Waals surface area contributed by atoms with Crippen LogP contribution in [0.2, 0.25) is 0 Å². The number of hydrogen-bond acceptors (Lipinski definition) is 4. The van der Waals surface area contributed by atoms with E-state index in [0.29, 0.717) is 12.3 Å². The van der Waals surface area contributed by atoms with Gasteiger partial charge in [-0.25, -0.2) is 9.67 Å². The predicted molar refractivity (Wildman–Crippen MR) is 61.7 cm³/mol. The Bertz CT molecular complexity index is 493. The van der Waals surface area contributed by atoms with Crippen LogP contribution in [0.3, 0.4) is 0 Å². The summed E-state index contributed by atoms with van der Waals surface area (Å²) in [6.07, 6.45) is 3.66. The molecular formula is C12H13N3O2. The molecule has 0 amide bonds. The molecule has 0 fully saturated rings. The van der Waals surface area contributed by atoms with Gasteiger partial charge in [-0.1, -0.05) is 6.07 Å². The van der Waals surface area contributed by atoms with E-state index in [1.165, 1.54) is 0 Å². The molecule has 5 nitrogen and oxygen atoms in total. The zero-order valence-electron chi connectivity index (χ0n) is 9.54. The van der Waals surface area contributed by atoms with Crippen molar-refractivity contribution in [1.29, 1.82) is 0 Å². The van der Waals surface area contributed by atoms with Crippen LogP contribution in [0.1, 0.15) is 12.6 Å². The molecule has 0 aliphatic rings. The number of hydrogen-bond donors (Lipinski definition) is 0. The Labute approximate surface area is 99.1 Å². The van der Waals surface area contributed by atoms with Gasteiger partial charge in [-0.15, -0.1) is 0 Å². The Kier molecular flexibility index (Phi) is 3.49. The highest BCUT2D eigenvalue weighted by Crippen LogP contribution is 2.04. The first-order chi connectivity index (χ1) is 8.29. The van der Waals surface area contributed by atoms with Crippen molar-refractivity contribution in [3.8, 4) is 5.82 Å². The Morgan fingerprint density at radius 1 is 1.41 bits per heavy atom. The normalized spacial score (nSPS) is 10.2. The van der Waals surface area contributed by atoms with Crippen LogP contribution < -0.4 is 0 Å². The molecule has 0 N–H and O–H groups in total. The average molecular weight is 231 g/mol. The molecule has 0 radical (unpaired) electrons. The lowest BCUT2D eigenvalue weighted by Crippen LogP contribution is -2.08. The Morgan fingerprint density at radius 3 is 3.00 bits per heavy atom. The zero-order chi connectivity index (χ0) is 12.1. The van der Waals surface area contributed by atoms with E-state index in [-0.39, 0.29) is 12.4 Å². The van der Waals surface area contributed by atoms with Gasteiger partial charge < -0.3 is 4.74 Å². The molecular weight excluding hydrogens is 218 g/mol. The van der Waals surface area contributed by atoms with Gasteiger partial charge in [0, 0.05) is 12.4 Å². The molecule has 0 aliphatic heterocycles. The molecule has 0 aromatic carbocycles. The molecule has 2 aromatic heterocycles. The Morgan fingerprint density at radius 2 is 2.29 bits per heavy atom. The van der Waals surface area contributed by atoms with E-state index in [1.807, 2.05) is 18.2 Å². The maximum Gasteiger partial charge on any atom is 0.311 e. The van der Waals surface area contributed by atoms with Crippen molar-refractivity contribution in [2.24, 2.45) is 0 Å². The van der Waals surface area contributed by atoms with Crippen molar-refractivity contribution in [3.63, 3.8) is 0 Å². The maximum atomic E-state index is 11.3. The fraction of sp³-hybridized carbons (Fsp3) is 0.250. The number of nitrogens with zero attached hydrogens (tertiary/aromatic N) is 3. The second-order valence-electron chi connectivity index (χ2n) is 3.42. The third-order valence-electron chi connectivity index (χ3n) is 2.16. The van der Waals surface area contributed by atoms with Gasteiger partial charge in [0.2, 0.25) is 0 Å². The largest absolute Gasteiger partial charge is 0.466 e. The van der Waals surface area contributed by atoms with Crippen LogP contribution in [0.4, 0.5) is 0 Å². The molecule has 0 saturated heterocycles. The van der Waals surface area contributed by atoms with E-state index >= 15 is 0 Å². The minimum absolute atomic E-state index is 0.188. The number of ether oxygens (including phenoxy) is 1. The summed E-state index contributed by atoms with van der Waals surface area (Å²) >= 11 is 0. The summed E-state index contributed by atoms with van der Waals surface area (Å²) in [4.78, 5) is 15.4. The molecule has 17 heavy (non-hydrogen) atoms. The molecule has 2 rings (SSSR count). The average Bonchev–Trinajstić information content (AvgIpc) is 2.79. The number of pyridine rings is 1. The second kappa shape index (κ2) is 5.25. The van der Waals surface area contributed by atoms with Crippen LogP contribution in [-0.4, -0.2) is 27.3 Å². The quantitative estimate of drug-likeness (QED) is 0.746. The summed E-state index contributed by atoms with van der Waals surface area (Å²) < 4.78 is 6.49. The number of esters is 1. The lowest BCUT2D eigenvalue weighted by molar-refractivity contribution is -0.142. The van der Waals surface area contributed by atoms with Gasteiger partial charge in [-0.2, -0.15) is 5.10 Å². The lowest BCUT2D eigenvalue weighted by atomic mass is 10.3. The topological polar surface area (TPSA) is 57.0 Å². The van der Waals surface area contributed by atoms with Gasteiger partial charge in [-0.3, -0.25) is 4.79 Å². The first kappa shape index (κ1) is 11.3. The molecule has 88 valence electrons. The molecule has 0 aliphatic carbocycles. The molecule has 2 heterocycles. The number of carbonyl (C=O) groups is 1. The third-order valence-corrected chi connectivity index (χ3v) is 2.16. The molecule has 2 aromatic rings. The van der Waals surface area contributed by atoms with Crippen molar-refractivity contribution in [2.75, 3.05) is 6.61 Å². The SMILES string of the molecule is CCOC(=O)Cc1ccn(-c2ccccn2)n1. The van der Waals surface area contributed by atoms with Crippen molar-refractivity contribution in [3.05, 3.63) is 42.4 Å². The van der Waals surface area contributed by atoms with E-state index in [4.69, 9.17) is 4.74 Å². The van der Waals surface area contributed by atoms with Gasteiger partial charge in [0.15, 0.2) is 5.82 Å². The van der Waals surface area contributed by atoms with E-state index in [2.05, 4.69) is 10.1 Å². The zero-order valence-corrected chi connectivity index (χ0v) is 9.54. The molecule has 0 spiro atoms. The fourth-order valence-electron chi connectivity index (χ4n) is 1.43. The summed E-state index contributed by atoms with van der Waals surface area (Å²) in [5, 5.41) is 4.26. The molecule has 0 unspecified atom stereocenters. The standard InChI is InChI=1S/C12H13N3O2/c1-2-17-12(16)9-10-6-8-15(14-10)11-5-3-4-7-13-11/h3-8H,2,9H2,1H3. The van der Waals surface area contributed by atoms with Crippen molar-refractivity contribution >= 4 is 5.97 Å². The van der Waals surface area contributed by atoms with E-state index < -0.39 is 0 Å². The van der Waals surface area contributed by atoms with E-state index in [1.54, 1.807) is 30.1 Å². The van der Waals surface area contributed by atoms with Gasteiger partial charge in [-0.05, 0) is 25.1 Å². The number of rotatable bonds is 4. The Hall–Kier alpha value is -2.17. The molecule has 0 saturated carbocycles. The summed E-state index contributed by atoms with van der Waals surface area (Å²) in [5.41, 5.74) is 0.675. The predicted octanol–water partition coefficient (Wildman–Crippen LogP) is 1.37. The van der Waals surface area contributed by atoms with Crippen molar-refractivity contribution < 1.29 is 9.53 Å². The summed E-state index contributed by atoms with van der Waals surface area (Å²) in [6.45, 7) is 2.17. The monoisotopic (exact) mass is 231 g/mol. The highest BCUT2D eigenvalue weighted by molar-refractivity contribution is 5.71. The van der Waals surface area contributed by atoms with Crippen molar-refractivity contribution in [1.82, 2.24) is 14.8 Å². The van der Waals surface area contributed by atoms with E-state index in [0.717, 1.165) is 5.82 Å². The molecule has 5 heteroatoms. The van der Waals surface area contributed by atoms with Gasteiger partial charge in [0.25, 0.3) is 0 Å². The van der Waals surface area contributed by atoms with Gasteiger partial charge >= 0.3 is 5.97 Å². The number of carbonyl (C=O) groups excluding carboxylic acids is 1. The first-order valence-corrected chi connectivity index (χ1v) is 5.41. The molecule has 0 atom stereocenters. The van der Waals surface area contributed by atoms with Crippen LogP contribution in [-0.2, 0) is 16.0 Å². The fourth-order valence-corrected chi connectivity index (χ4v) is 1.43. The van der Waals surface area contributed by atoms with Crippen LogP contribution in [0.15, 0.2) is 36.7 Å². The minimum Gasteiger partial charge on any atom is -0.466 e. The minimum atomic E-state index is -0.265. The maximum absolute atomic E-state index is 11.3. The Balaban J connectivity index is 2.09. The van der Waals surface area contributed by atoms with Crippen LogP contribution in [0, 0.1) is 0 Å². The highest BCUT2D eigenvalue weighted by Gasteiger charge is 2.07. The van der Waals surface area contributed by atoms with E-state index in [9.17, 15) is 4.79 Å². The van der Waals surface area contributed by atoms with Crippen molar-refractivity contribution in [2.45, 2.75) is 13.3 Å². The van der Waals surface area contributed by atoms with Crippen LogP contribution in [0.5, 0.6) is 0 Å². The van der Waals surface area contributed by atoms with Crippen LogP contribution in [0.25, 0.3) is 5.82 Å². The summed E-state index contributed by atoms with van der Waals surface area (Å²) in [7, 11) is 0. The summed E-state index contributed by atoms with van der Waals surface area (Å²) in [5.74, 6) is 0.460.